The van der Waals surface area contributed by atoms with Gasteiger partial charge in [-0.1, -0.05) is 218 Å². The monoisotopic (exact) mass is 849 g/mol. The van der Waals surface area contributed by atoms with E-state index in [0.717, 1.165) is 17.1 Å². The Hall–Kier alpha value is -8.78. The van der Waals surface area contributed by atoms with Crippen molar-refractivity contribution in [1.82, 2.24) is 0 Å². The van der Waals surface area contributed by atoms with E-state index in [1.165, 1.54) is 109 Å². The molecule has 13 aromatic carbocycles. The zero-order valence-corrected chi connectivity index (χ0v) is 36.8. The van der Waals surface area contributed by atoms with Gasteiger partial charge in [0.25, 0.3) is 0 Å². The summed E-state index contributed by atoms with van der Waals surface area (Å²) in [6.07, 6.45) is 0. The second-order valence-electron chi connectivity index (χ2n) is 17.6. The summed E-state index contributed by atoms with van der Waals surface area (Å²) in [5, 5.41) is 14.8. The minimum Gasteiger partial charge on any atom is -0.309 e. The molecule has 0 radical (unpaired) electrons. The van der Waals surface area contributed by atoms with E-state index in [1.54, 1.807) is 0 Å². The lowest BCUT2D eigenvalue weighted by molar-refractivity contribution is 1.32. The molecule has 0 saturated carbocycles. The van der Waals surface area contributed by atoms with E-state index in [1.807, 2.05) is 0 Å². The highest BCUT2D eigenvalue weighted by molar-refractivity contribution is 6.33. The Labute approximate surface area is 390 Å². The topological polar surface area (TPSA) is 3.24 Å². The van der Waals surface area contributed by atoms with Crippen molar-refractivity contribution < 1.29 is 0 Å². The number of rotatable bonds is 7. The fourth-order valence-corrected chi connectivity index (χ4v) is 10.7. The normalized spacial score (nSPS) is 11.6. The lowest BCUT2D eigenvalue weighted by Gasteiger charge is -2.28. The van der Waals surface area contributed by atoms with Crippen LogP contribution in [0.2, 0.25) is 0 Å². The average Bonchev–Trinajstić information content (AvgIpc) is 3.41. The SMILES string of the molecule is c1ccc(-c2cc(-c3ccccc3)c3c4ccccc4c4cc(-c5ccc6cc(N(c7cccc8ccccc78)c7cccc8ccccc78)ccc6c5)ccc4c3c2-c2ccccc2)cc1. The quantitative estimate of drug-likeness (QED) is 0.144. The summed E-state index contributed by atoms with van der Waals surface area (Å²) < 4.78 is 0. The van der Waals surface area contributed by atoms with Crippen LogP contribution >= 0.6 is 0 Å². The molecule has 0 bridgehead atoms. The van der Waals surface area contributed by atoms with Crippen LogP contribution in [-0.4, -0.2) is 0 Å². The fourth-order valence-electron chi connectivity index (χ4n) is 10.7. The molecule has 0 amide bonds. The van der Waals surface area contributed by atoms with Gasteiger partial charge in [-0.2, -0.15) is 0 Å². The summed E-state index contributed by atoms with van der Waals surface area (Å²) in [6, 6.07) is 95.9. The average molecular weight is 850 g/mol. The lowest BCUT2D eigenvalue weighted by Crippen LogP contribution is -2.11. The Morgan fingerprint density at radius 3 is 1.36 bits per heavy atom. The summed E-state index contributed by atoms with van der Waals surface area (Å²) >= 11 is 0. The van der Waals surface area contributed by atoms with E-state index in [2.05, 4.69) is 266 Å². The van der Waals surface area contributed by atoms with Crippen LogP contribution in [0.3, 0.4) is 0 Å². The predicted molar refractivity (Wildman–Crippen MR) is 288 cm³/mol. The summed E-state index contributed by atoms with van der Waals surface area (Å²) in [6.45, 7) is 0. The van der Waals surface area contributed by atoms with Gasteiger partial charge in [0.2, 0.25) is 0 Å². The van der Waals surface area contributed by atoms with Gasteiger partial charge in [0.05, 0.1) is 11.4 Å². The number of fused-ring (bicyclic) bond motifs is 9. The number of hydrogen-bond donors (Lipinski definition) is 0. The van der Waals surface area contributed by atoms with E-state index >= 15 is 0 Å². The van der Waals surface area contributed by atoms with E-state index in [-0.39, 0.29) is 0 Å². The highest BCUT2D eigenvalue weighted by atomic mass is 15.1. The molecule has 0 aliphatic heterocycles. The zero-order chi connectivity index (χ0) is 44.3. The van der Waals surface area contributed by atoms with Crippen LogP contribution in [0.15, 0.2) is 261 Å². The van der Waals surface area contributed by atoms with Crippen LogP contribution in [0, 0.1) is 0 Å². The van der Waals surface area contributed by atoms with Crippen LogP contribution in [0.25, 0.3) is 109 Å². The van der Waals surface area contributed by atoms with Crippen molar-refractivity contribution in [2.24, 2.45) is 0 Å². The van der Waals surface area contributed by atoms with Crippen molar-refractivity contribution in [2.45, 2.75) is 0 Å². The molecule has 0 atom stereocenters. The smallest absolute Gasteiger partial charge is 0.0540 e. The van der Waals surface area contributed by atoms with Gasteiger partial charge in [0.15, 0.2) is 0 Å². The summed E-state index contributed by atoms with van der Waals surface area (Å²) in [5.74, 6) is 0. The van der Waals surface area contributed by atoms with Gasteiger partial charge in [-0.15, -0.1) is 0 Å². The first kappa shape index (κ1) is 38.7. The van der Waals surface area contributed by atoms with Crippen LogP contribution in [0.5, 0.6) is 0 Å². The molecule has 0 heterocycles. The van der Waals surface area contributed by atoms with Crippen molar-refractivity contribution in [3.05, 3.63) is 261 Å². The van der Waals surface area contributed by atoms with E-state index in [0.29, 0.717) is 0 Å². The Kier molecular flexibility index (Phi) is 9.25. The first-order valence-electron chi connectivity index (χ1n) is 23.2. The summed E-state index contributed by atoms with van der Waals surface area (Å²) in [7, 11) is 0. The predicted octanol–water partition coefficient (Wildman–Crippen LogP) is 18.7. The molecule has 67 heavy (non-hydrogen) atoms. The summed E-state index contributed by atoms with van der Waals surface area (Å²) in [4.78, 5) is 2.44. The van der Waals surface area contributed by atoms with Gasteiger partial charge in [-0.05, 0) is 141 Å². The molecule has 13 aromatic rings. The molecule has 0 N–H and O–H groups in total. The van der Waals surface area contributed by atoms with Crippen molar-refractivity contribution >= 4 is 81.7 Å². The highest BCUT2D eigenvalue weighted by Crippen LogP contribution is 2.50. The van der Waals surface area contributed by atoms with Crippen LogP contribution in [0.1, 0.15) is 0 Å². The van der Waals surface area contributed by atoms with Crippen molar-refractivity contribution in [3.8, 4) is 44.5 Å². The molecule has 0 aliphatic carbocycles. The third-order valence-electron chi connectivity index (χ3n) is 13.8. The third kappa shape index (κ3) is 6.55. The van der Waals surface area contributed by atoms with Gasteiger partial charge >= 0.3 is 0 Å². The molecule has 0 unspecified atom stereocenters. The van der Waals surface area contributed by atoms with E-state index in [4.69, 9.17) is 0 Å². The van der Waals surface area contributed by atoms with Gasteiger partial charge < -0.3 is 4.90 Å². The Morgan fingerprint density at radius 2 is 0.701 bits per heavy atom. The van der Waals surface area contributed by atoms with Gasteiger partial charge in [0.1, 0.15) is 0 Å². The van der Waals surface area contributed by atoms with Crippen molar-refractivity contribution in [2.75, 3.05) is 4.90 Å². The second kappa shape index (κ2) is 16.0. The fraction of sp³-hybridized carbons (Fsp3) is 0. The molecule has 0 aromatic heterocycles. The van der Waals surface area contributed by atoms with Crippen LogP contribution < -0.4 is 4.90 Å². The molecule has 13 rings (SSSR count). The Balaban J connectivity index is 1.01. The minimum atomic E-state index is 1.12. The Bertz CT molecular complexity index is 3930. The molecule has 0 spiro atoms. The second-order valence-corrected chi connectivity index (χ2v) is 17.6. The Morgan fingerprint density at radius 1 is 0.224 bits per heavy atom. The molecular weight excluding hydrogens is 807 g/mol. The first-order chi connectivity index (χ1) is 33.2. The molecule has 0 fully saturated rings. The summed E-state index contributed by atoms with van der Waals surface area (Å²) in [5.41, 5.74) is 13.2. The maximum Gasteiger partial charge on any atom is 0.0540 e. The maximum atomic E-state index is 2.44. The molecule has 312 valence electrons. The van der Waals surface area contributed by atoms with E-state index in [9.17, 15) is 0 Å². The standard InChI is InChI=1S/C66H43N/c1-4-18-46(19-5-1)59-43-60(47-20-6-2-7-21-47)65-57-31-15-14-30-56(57)61-42-52(37-39-58(61)66(65)64(59)48-24-8-3-9-25-48)49-34-35-51-41-53(38-36-50(51)40-49)67(62-32-16-26-44-22-10-12-28-54(44)62)63-33-17-27-45-23-11-13-29-55(45)63/h1-43H. The van der Waals surface area contributed by atoms with Gasteiger partial charge in [-0.25, -0.2) is 0 Å². The van der Waals surface area contributed by atoms with Gasteiger partial charge in [-0.3, -0.25) is 0 Å². The first-order valence-corrected chi connectivity index (χ1v) is 23.2. The lowest BCUT2D eigenvalue weighted by atomic mass is 9.81. The molecule has 1 nitrogen and oxygen atoms in total. The highest BCUT2D eigenvalue weighted by Gasteiger charge is 2.23. The van der Waals surface area contributed by atoms with Crippen LogP contribution in [-0.2, 0) is 0 Å². The van der Waals surface area contributed by atoms with Crippen molar-refractivity contribution in [1.29, 1.82) is 0 Å². The van der Waals surface area contributed by atoms with Crippen molar-refractivity contribution in [3.63, 3.8) is 0 Å². The van der Waals surface area contributed by atoms with Crippen LogP contribution in [0.4, 0.5) is 17.1 Å². The number of anilines is 3. The number of nitrogens with zero attached hydrogens (tertiary/aromatic N) is 1. The zero-order valence-electron chi connectivity index (χ0n) is 36.8. The molecule has 0 aliphatic rings. The minimum absolute atomic E-state index is 1.12. The number of benzene rings is 13. The van der Waals surface area contributed by atoms with Gasteiger partial charge in [0, 0.05) is 16.5 Å². The molecule has 0 saturated heterocycles. The largest absolute Gasteiger partial charge is 0.309 e. The maximum absolute atomic E-state index is 2.44. The molecular formula is C66H43N. The third-order valence-corrected chi connectivity index (χ3v) is 13.8. The van der Waals surface area contributed by atoms with E-state index < -0.39 is 0 Å². The number of hydrogen-bond acceptors (Lipinski definition) is 1. The molecule has 1 heteroatoms.